The largest absolute Gasteiger partial charge is 0.392 e. The third-order valence-electron chi connectivity index (χ3n) is 1.70. The minimum atomic E-state index is 0.0196. The van der Waals surface area contributed by atoms with Crippen molar-refractivity contribution >= 4 is 23.4 Å². The molecule has 0 saturated carbocycles. The van der Waals surface area contributed by atoms with E-state index in [1.807, 2.05) is 18.2 Å². The predicted molar refractivity (Wildman–Crippen MR) is 58.4 cm³/mol. The number of rotatable bonds is 4. The molecule has 0 radical (unpaired) electrons. The van der Waals surface area contributed by atoms with Gasteiger partial charge in [-0.3, -0.25) is 0 Å². The number of benzene rings is 1. The number of halogens is 1. The van der Waals surface area contributed by atoms with Gasteiger partial charge >= 0.3 is 0 Å². The summed E-state index contributed by atoms with van der Waals surface area (Å²) in [7, 11) is 0. The van der Waals surface area contributed by atoms with Crippen molar-refractivity contribution in [3.63, 3.8) is 0 Å². The Balaban J connectivity index is 2.85. The van der Waals surface area contributed by atoms with Gasteiger partial charge in [-0.05, 0) is 24.3 Å². The van der Waals surface area contributed by atoms with Crippen LogP contribution in [0.4, 0.5) is 0 Å². The van der Waals surface area contributed by atoms with Crippen LogP contribution >= 0.6 is 23.4 Å². The maximum Gasteiger partial charge on any atom is 0.0707 e. The molecule has 0 aromatic heterocycles. The predicted octanol–water partition coefficient (Wildman–Crippen LogP) is 3.33. The summed E-state index contributed by atoms with van der Waals surface area (Å²) in [5.41, 5.74) is 0.850. The first-order valence-electron chi connectivity index (χ1n) is 4.30. The van der Waals surface area contributed by atoms with Gasteiger partial charge in [0.05, 0.1) is 6.61 Å². The average molecular weight is 217 g/mol. The van der Waals surface area contributed by atoms with E-state index in [1.165, 1.54) is 0 Å². The molecule has 0 aliphatic heterocycles. The van der Waals surface area contributed by atoms with Gasteiger partial charge < -0.3 is 5.11 Å². The summed E-state index contributed by atoms with van der Waals surface area (Å²) in [6, 6.07) is 5.72. The maximum absolute atomic E-state index is 9.10. The summed E-state index contributed by atoms with van der Waals surface area (Å²) in [6.07, 6.45) is 1.13. The Kier molecular flexibility index (Phi) is 4.64. The van der Waals surface area contributed by atoms with E-state index in [9.17, 15) is 0 Å². The molecule has 72 valence electrons. The molecular formula is C10H13ClOS. The van der Waals surface area contributed by atoms with Gasteiger partial charge in [-0.1, -0.05) is 24.6 Å². The molecule has 3 heteroatoms. The van der Waals surface area contributed by atoms with Gasteiger partial charge in [-0.25, -0.2) is 0 Å². The van der Waals surface area contributed by atoms with Crippen molar-refractivity contribution in [1.82, 2.24) is 0 Å². The quantitative estimate of drug-likeness (QED) is 0.780. The molecule has 0 aliphatic carbocycles. The van der Waals surface area contributed by atoms with E-state index < -0.39 is 0 Å². The minimum absolute atomic E-state index is 0.0196. The third-order valence-corrected chi connectivity index (χ3v) is 3.36. The van der Waals surface area contributed by atoms with Crippen LogP contribution in [-0.4, -0.2) is 10.9 Å². The molecule has 0 heterocycles. The van der Waals surface area contributed by atoms with E-state index in [0.29, 0.717) is 5.02 Å². The van der Waals surface area contributed by atoms with Gasteiger partial charge in [0, 0.05) is 15.5 Å². The lowest BCUT2D eigenvalue weighted by atomic mass is 10.2. The highest BCUT2D eigenvalue weighted by Crippen LogP contribution is 2.28. The number of hydrogen-bond acceptors (Lipinski definition) is 2. The SMILES string of the molecule is CCCSc1cccc(Cl)c1CO. The van der Waals surface area contributed by atoms with Crippen molar-refractivity contribution in [1.29, 1.82) is 0 Å². The number of thioether (sulfide) groups is 1. The van der Waals surface area contributed by atoms with Crippen molar-refractivity contribution in [3.05, 3.63) is 28.8 Å². The average Bonchev–Trinajstić information content (AvgIpc) is 2.15. The summed E-state index contributed by atoms with van der Waals surface area (Å²) in [6.45, 7) is 2.15. The molecule has 0 bridgehead atoms. The van der Waals surface area contributed by atoms with Gasteiger partial charge in [0.25, 0.3) is 0 Å². The van der Waals surface area contributed by atoms with Crippen LogP contribution in [-0.2, 0) is 6.61 Å². The highest BCUT2D eigenvalue weighted by molar-refractivity contribution is 7.99. The Morgan fingerprint density at radius 3 is 2.85 bits per heavy atom. The van der Waals surface area contributed by atoms with Crippen molar-refractivity contribution < 1.29 is 5.11 Å². The monoisotopic (exact) mass is 216 g/mol. The lowest BCUT2D eigenvalue weighted by Crippen LogP contribution is -1.89. The zero-order valence-corrected chi connectivity index (χ0v) is 9.16. The van der Waals surface area contributed by atoms with Crippen LogP contribution in [0.2, 0.25) is 5.02 Å². The molecule has 0 saturated heterocycles. The first-order valence-corrected chi connectivity index (χ1v) is 5.67. The van der Waals surface area contributed by atoms with Gasteiger partial charge in [0.1, 0.15) is 0 Å². The first kappa shape index (κ1) is 10.9. The van der Waals surface area contributed by atoms with E-state index in [0.717, 1.165) is 22.6 Å². The van der Waals surface area contributed by atoms with Gasteiger partial charge in [-0.2, -0.15) is 0 Å². The lowest BCUT2D eigenvalue weighted by molar-refractivity contribution is 0.279. The summed E-state index contributed by atoms with van der Waals surface area (Å²) >= 11 is 7.68. The second kappa shape index (κ2) is 5.53. The van der Waals surface area contributed by atoms with Crippen LogP contribution in [0.5, 0.6) is 0 Å². The molecular weight excluding hydrogens is 204 g/mol. The highest BCUT2D eigenvalue weighted by atomic mass is 35.5. The molecule has 1 aromatic carbocycles. The van der Waals surface area contributed by atoms with Crippen LogP contribution in [0, 0.1) is 0 Å². The molecule has 0 amide bonds. The highest BCUT2D eigenvalue weighted by Gasteiger charge is 2.05. The Morgan fingerprint density at radius 1 is 1.46 bits per heavy atom. The molecule has 0 fully saturated rings. The standard InChI is InChI=1S/C10H13ClOS/c1-2-6-13-10-5-3-4-9(11)8(10)7-12/h3-5,12H,2,6-7H2,1H3. The Labute approximate surface area is 88.1 Å². The Bertz CT molecular complexity index is 276. The van der Waals surface area contributed by atoms with E-state index in [-0.39, 0.29) is 6.61 Å². The Hall–Kier alpha value is -0.180. The minimum Gasteiger partial charge on any atom is -0.392 e. The number of hydrogen-bond donors (Lipinski definition) is 1. The molecule has 13 heavy (non-hydrogen) atoms. The summed E-state index contributed by atoms with van der Waals surface area (Å²) in [4.78, 5) is 1.09. The van der Waals surface area contributed by atoms with Crippen LogP contribution in [0.25, 0.3) is 0 Å². The number of aliphatic hydroxyl groups is 1. The first-order chi connectivity index (χ1) is 6.29. The second-order valence-electron chi connectivity index (χ2n) is 2.72. The molecule has 0 unspecified atom stereocenters. The number of aliphatic hydroxyl groups excluding tert-OH is 1. The van der Waals surface area contributed by atoms with E-state index in [2.05, 4.69) is 6.92 Å². The molecule has 1 nitrogen and oxygen atoms in total. The summed E-state index contributed by atoms with van der Waals surface area (Å²) in [5, 5.41) is 9.76. The molecule has 1 N–H and O–H groups in total. The summed E-state index contributed by atoms with van der Waals surface area (Å²) in [5.74, 6) is 1.06. The molecule has 1 aromatic rings. The van der Waals surface area contributed by atoms with Gasteiger partial charge in [0.15, 0.2) is 0 Å². The van der Waals surface area contributed by atoms with E-state index in [1.54, 1.807) is 11.8 Å². The van der Waals surface area contributed by atoms with Crippen LogP contribution in [0.15, 0.2) is 23.1 Å². The van der Waals surface area contributed by atoms with Gasteiger partial charge in [-0.15, -0.1) is 11.8 Å². The van der Waals surface area contributed by atoms with E-state index >= 15 is 0 Å². The fourth-order valence-electron chi connectivity index (χ4n) is 1.04. The second-order valence-corrected chi connectivity index (χ2v) is 4.27. The third kappa shape index (κ3) is 2.90. The molecule has 1 rings (SSSR count). The normalized spacial score (nSPS) is 10.4. The van der Waals surface area contributed by atoms with Crippen LogP contribution < -0.4 is 0 Å². The zero-order chi connectivity index (χ0) is 9.68. The fraction of sp³-hybridized carbons (Fsp3) is 0.400. The smallest absolute Gasteiger partial charge is 0.0707 e. The van der Waals surface area contributed by atoms with Crippen LogP contribution in [0.1, 0.15) is 18.9 Å². The Morgan fingerprint density at radius 2 is 2.23 bits per heavy atom. The topological polar surface area (TPSA) is 20.2 Å². The van der Waals surface area contributed by atoms with Crippen molar-refractivity contribution in [3.8, 4) is 0 Å². The van der Waals surface area contributed by atoms with Crippen molar-refractivity contribution in [2.24, 2.45) is 0 Å². The van der Waals surface area contributed by atoms with Crippen LogP contribution in [0.3, 0.4) is 0 Å². The van der Waals surface area contributed by atoms with E-state index in [4.69, 9.17) is 16.7 Å². The molecule has 0 atom stereocenters. The fourth-order valence-corrected chi connectivity index (χ4v) is 2.28. The lowest BCUT2D eigenvalue weighted by Gasteiger charge is -2.07. The van der Waals surface area contributed by atoms with Gasteiger partial charge in [0.2, 0.25) is 0 Å². The molecule has 0 aliphatic rings. The molecule has 0 spiro atoms. The van der Waals surface area contributed by atoms with Crippen molar-refractivity contribution in [2.45, 2.75) is 24.8 Å². The summed E-state index contributed by atoms with van der Waals surface area (Å²) < 4.78 is 0. The van der Waals surface area contributed by atoms with Crippen molar-refractivity contribution in [2.75, 3.05) is 5.75 Å². The zero-order valence-electron chi connectivity index (χ0n) is 7.59. The maximum atomic E-state index is 9.10.